The van der Waals surface area contributed by atoms with Gasteiger partial charge >= 0.3 is 0 Å². The summed E-state index contributed by atoms with van der Waals surface area (Å²) in [7, 11) is 0. The Morgan fingerprint density at radius 3 is 2.59 bits per heavy atom. The molecule has 0 spiro atoms. The van der Waals surface area contributed by atoms with Gasteiger partial charge in [-0.2, -0.15) is 0 Å². The van der Waals surface area contributed by atoms with Gasteiger partial charge in [-0.25, -0.2) is 0 Å². The number of benzene rings is 1. The zero-order valence-corrected chi connectivity index (χ0v) is 14.4. The van der Waals surface area contributed by atoms with Crippen molar-refractivity contribution in [2.24, 2.45) is 0 Å². The number of anilines is 1. The standard InChI is InChI=1S/C18H26ClN3/c1-3-11-22(12-4-2)13-5-9-20-17-8-10-21-18-14-15(19)6-7-16(17)18/h6-8,10,14H,3-5,9,11-13H2,1-2H3,(H,20,21). The van der Waals surface area contributed by atoms with Gasteiger partial charge in [0.2, 0.25) is 0 Å². The van der Waals surface area contributed by atoms with Gasteiger partial charge in [0.05, 0.1) is 5.52 Å². The van der Waals surface area contributed by atoms with Gasteiger partial charge in [-0.3, -0.25) is 4.98 Å². The second-order valence-corrected chi connectivity index (χ2v) is 6.08. The Hall–Kier alpha value is -1.32. The van der Waals surface area contributed by atoms with E-state index in [1.807, 2.05) is 30.5 Å². The summed E-state index contributed by atoms with van der Waals surface area (Å²) in [6, 6.07) is 7.90. The maximum absolute atomic E-state index is 6.03. The molecule has 1 N–H and O–H groups in total. The van der Waals surface area contributed by atoms with E-state index in [-0.39, 0.29) is 0 Å². The Morgan fingerprint density at radius 2 is 1.86 bits per heavy atom. The minimum atomic E-state index is 0.729. The molecule has 1 heterocycles. The third-order valence-corrected chi connectivity index (χ3v) is 3.99. The molecule has 0 unspecified atom stereocenters. The van der Waals surface area contributed by atoms with E-state index in [9.17, 15) is 0 Å². The Morgan fingerprint density at radius 1 is 1.09 bits per heavy atom. The summed E-state index contributed by atoms with van der Waals surface area (Å²) in [6.07, 6.45) is 5.44. The molecule has 120 valence electrons. The fraction of sp³-hybridized carbons (Fsp3) is 0.500. The average Bonchev–Trinajstić information content (AvgIpc) is 2.51. The average molecular weight is 320 g/mol. The Bertz CT molecular complexity index is 580. The summed E-state index contributed by atoms with van der Waals surface area (Å²) in [6.45, 7) is 9.02. The van der Waals surface area contributed by atoms with Gasteiger partial charge in [-0.15, -0.1) is 0 Å². The molecular weight excluding hydrogens is 294 g/mol. The number of fused-ring (bicyclic) bond motifs is 1. The highest BCUT2D eigenvalue weighted by Crippen LogP contribution is 2.24. The highest BCUT2D eigenvalue weighted by molar-refractivity contribution is 6.31. The number of hydrogen-bond acceptors (Lipinski definition) is 3. The zero-order chi connectivity index (χ0) is 15.8. The van der Waals surface area contributed by atoms with Crippen molar-refractivity contribution in [2.45, 2.75) is 33.1 Å². The van der Waals surface area contributed by atoms with Crippen LogP contribution in [-0.2, 0) is 0 Å². The van der Waals surface area contributed by atoms with Crippen LogP contribution in [0.3, 0.4) is 0 Å². The Labute approximate surface area is 138 Å². The molecule has 22 heavy (non-hydrogen) atoms. The van der Waals surface area contributed by atoms with Crippen LogP contribution in [0, 0.1) is 0 Å². The molecule has 1 aromatic carbocycles. The number of nitrogens with zero attached hydrogens (tertiary/aromatic N) is 2. The van der Waals surface area contributed by atoms with Gasteiger partial charge < -0.3 is 10.2 Å². The predicted molar refractivity (Wildman–Crippen MR) is 96.9 cm³/mol. The quantitative estimate of drug-likeness (QED) is 0.672. The van der Waals surface area contributed by atoms with E-state index in [0.717, 1.165) is 41.1 Å². The topological polar surface area (TPSA) is 28.2 Å². The molecule has 3 nitrogen and oxygen atoms in total. The molecule has 2 rings (SSSR count). The summed E-state index contributed by atoms with van der Waals surface area (Å²) in [5.74, 6) is 0. The van der Waals surface area contributed by atoms with Gasteiger partial charge in [0.1, 0.15) is 0 Å². The second-order valence-electron chi connectivity index (χ2n) is 5.64. The van der Waals surface area contributed by atoms with Crippen molar-refractivity contribution in [1.29, 1.82) is 0 Å². The van der Waals surface area contributed by atoms with Crippen molar-refractivity contribution in [3.8, 4) is 0 Å². The maximum atomic E-state index is 6.03. The first-order chi connectivity index (χ1) is 10.7. The lowest BCUT2D eigenvalue weighted by atomic mass is 10.2. The smallest absolute Gasteiger partial charge is 0.0737 e. The van der Waals surface area contributed by atoms with E-state index in [4.69, 9.17) is 11.6 Å². The number of aromatic nitrogens is 1. The molecular formula is C18H26ClN3. The molecule has 2 aromatic rings. The molecule has 0 aliphatic rings. The van der Waals surface area contributed by atoms with E-state index in [2.05, 4.69) is 29.0 Å². The second kappa shape index (κ2) is 8.96. The van der Waals surface area contributed by atoms with Crippen LogP contribution >= 0.6 is 11.6 Å². The van der Waals surface area contributed by atoms with Crippen molar-refractivity contribution < 1.29 is 0 Å². The molecule has 0 fully saturated rings. The lowest BCUT2D eigenvalue weighted by Crippen LogP contribution is -2.27. The Balaban J connectivity index is 1.89. The van der Waals surface area contributed by atoms with Crippen LogP contribution in [0.25, 0.3) is 10.9 Å². The fourth-order valence-electron chi connectivity index (χ4n) is 2.77. The summed E-state index contributed by atoms with van der Waals surface area (Å²) in [5, 5.41) is 5.40. The number of hydrogen-bond donors (Lipinski definition) is 1. The molecule has 0 saturated heterocycles. The number of pyridine rings is 1. The van der Waals surface area contributed by atoms with Gasteiger partial charge in [0.25, 0.3) is 0 Å². The number of rotatable bonds is 9. The minimum absolute atomic E-state index is 0.729. The fourth-order valence-corrected chi connectivity index (χ4v) is 2.94. The minimum Gasteiger partial charge on any atom is -0.384 e. The first kappa shape index (κ1) is 17.0. The van der Waals surface area contributed by atoms with Crippen molar-refractivity contribution in [1.82, 2.24) is 9.88 Å². The number of nitrogens with one attached hydrogen (secondary N) is 1. The molecule has 0 aliphatic heterocycles. The lowest BCUT2D eigenvalue weighted by molar-refractivity contribution is 0.274. The predicted octanol–water partition coefficient (Wildman–Crippen LogP) is 4.81. The molecule has 0 saturated carbocycles. The normalized spacial score (nSPS) is 11.3. The van der Waals surface area contributed by atoms with Gasteiger partial charge in [-0.05, 0) is 63.2 Å². The van der Waals surface area contributed by atoms with Crippen molar-refractivity contribution in [3.63, 3.8) is 0 Å². The molecule has 0 radical (unpaired) electrons. The van der Waals surface area contributed by atoms with Gasteiger partial charge in [-0.1, -0.05) is 25.4 Å². The molecule has 4 heteroatoms. The van der Waals surface area contributed by atoms with Crippen molar-refractivity contribution in [3.05, 3.63) is 35.5 Å². The summed E-state index contributed by atoms with van der Waals surface area (Å²) >= 11 is 6.03. The molecule has 0 atom stereocenters. The van der Waals surface area contributed by atoms with Crippen LogP contribution in [-0.4, -0.2) is 36.1 Å². The maximum Gasteiger partial charge on any atom is 0.0737 e. The Kier molecular flexibility index (Phi) is 6.94. The van der Waals surface area contributed by atoms with Crippen LogP contribution in [0.5, 0.6) is 0 Å². The lowest BCUT2D eigenvalue weighted by Gasteiger charge is -2.21. The van der Waals surface area contributed by atoms with E-state index in [1.54, 1.807) is 0 Å². The van der Waals surface area contributed by atoms with E-state index in [0.29, 0.717) is 0 Å². The molecule has 0 aliphatic carbocycles. The van der Waals surface area contributed by atoms with Crippen LogP contribution < -0.4 is 5.32 Å². The molecule has 1 aromatic heterocycles. The number of halogens is 1. The summed E-state index contributed by atoms with van der Waals surface area (Å²) in [5.41, 5.74) is 2.08. The summed E-state index contributed by atoms with van der Waals surface area (Å²) in [4.78, 5) is 6.92. The van der Waals surface area contributed by atoms with E-state index >= 15 is 0 Å². The van der Waals surface area contributed by atoms with Crippen molar-refractivity contribution >= 4 is 28.2 Å². The first-order valence-corrected chi connectivity index (χ1v) is 8.63. The monoisotopic (exact) mass is 319 g/mol. The van der Waals surface area contributed by atoms with Crippen LogP contribution in [0.1, 0.15) is 33.1 Å². The largest absolute Gasteiger partial charge is 0.384 e. The van der Waals surface area contributed by atoms with Gasteiger partial charge in [0, 0.05) is 28.8 Å². The van der Waals surface area contributed by atoms with Crippen LogP contribution in [0.4, 0.5) is 5.69 Å². The SMILES string of the molecule is CCCN(CCC)CCCNc1ccnc2cc(Cl)ccc12. The highest BCUT2D eigenvalue weighted by atomic mass is 35.5. The van der Waals surface area contributed by atoms with Crippen molar-refractivity contribution in [2.75, 3.05) is 31.5 Å². The highest BCUT2D eigenvalue weighted by Gasteiger charge is 2.04. The molecule has 0 bridgehead atoms. The first-order valence-electron chi connectivity index (χ1n) is 8.25. The zero-order valence-electron chi connectivity index (χ0n) is 13.6. The summed E-state index contributed by atoms with van der Waals surface area (Å²) < 4.78 is 0. The van der Waals surface area contributed by atoms with E-state index in [1.165, 1.54) is 25.9 Å². The van der Waals surface area contributed by atoms with Crippen LogP contribution in [0.15, 0.2) is 30.5 Å². The van der Waals surface area contributed by atoms with Crippen LogP contribution in [0.2, 0.25) is 5.02 Å². The van der Waals surface area contributed by atoms with E-state index < -0.39 is 0 Å². The third-order valence-electron chi connectivity index (χ3n) is 3.75. The van der Waals surface area contributed by atoms with Gasteiger partial charge in [0.15, 0.2) is 0 Å². The molecule has 0 amide bonds. The third kappa shape index (κ3) is 4.85.